The maximum atomic E-state index is 12.5. The molecule has 2 aliphatic heterocycles. The minimum Gasteiger partial charge on any atom is -0.459 e. The molecule has 33 heavy (non-hydrogen) atoms. The van der Waals surface area contributed by atoms with E-state index in [0.717, 1.165) is 50.7 Å². The predicted octanol–water partition coefficient (Wildman–Crippen LogP) is 0.768. The summed E-state index contributed by atoms with van der Waals surface area (Å²) in [6.45, 7) is 12.3. The molecule has 0 spiro atoms. The second-order valence-corrected chi connectivity index (χ2v) is 8.03. The summed E-state index contributed by atoms with van der Waals surface area (Å²) in [4.78, 5) is 35.6. The number of amides is 2. The van der Waals surface area contributed by atoms with Crippen molar-refractivity contribution in [2.75, 3.05) is 78.7 Å². The Hall–Kier alpha value is -1.86. The van der Waals surface area contributed by atoms with Gasteiger partial charge < -0.3 is 29.6 Å². The fourth-order valence-electron chi connectivity index (χ4n) is 3.80. The van der Waals surface area contributed by atoms with E-state index in [-0.39, 0.29) is 35.8 Å². The molecule has 1 aromatic rings. The van der Waals surface area contributed by atoms with Crippen LogP contribution in [0.25, 0.3) is 0 Å². The standard InChI is InChI=1S/C22H36N6O4.HI/c1-3-23-22(25-7-4-6-24-21(30)20-18(2)5-14-32-20)28-10-8-26(9-11-28)17-19(29)27-12-15-31-16-13-27;/h5,14H,3-4,6-13,15-17H2,1-2H3,(H,23,25)(H,24,30);1H. The van der Waals surface area contributed by atoms with Crippen molar-refractivity contribution < 1.29 is 18.7 Å². The summed E-state index contributed by atoms with van der Waals surface area (Å²) < 4.78 is 10.5. The maximum absolute atomic E-state index is 12.5. The van der Waals surface area contributed by atoms with E-state index in [1.54, 1.807) is 6.07 Å². The van der Waals surface area contributed by atoms with Crippen LogP contribution in [0.15, 0.2) is 21.7 Å². The Labute approximate surface area is 213 Å². The molecule has 2 saturated heterocycles. The smallest absolute Gasteiger partial charge is 0.287 e. The summed E-state index contributed by atoms with van der Waals surface area (Å²) in [6.07, 6.45) is 2.27. The van der Waals surface area contributed by atoms with Crippen molar-refractivity contribution in [1.82, 2.24) is 25.3 Å². The van der Waals surface area contributed by atoms with Gasteiger partial charge in [-0.05, 0) is 26.3 Å². The van der Waals surface area contributed by atoms with Gasteiger partial charge in [0.25, 0.3) is 5.91 Å². The van der Waals surface area contributed by atoms with Crippen LogP contribution in [-0.2, 0) is 9.53 Å². The number of halogens is 1. The summed E-state index contributed by atoms with van der Waals surface area (Å²) in [7, 11) is 0. The molecule has 11 heteroatoms. The summed E-state index contributed by atoms with van der Waals surface area (Å²) in [5, 5.41) is 6.23. The largest absolute Gasteiger partial charge is 0.459 e. The highest BCUT2D eigenvalue weighted by Crippen LogP contribution is 2.08. The third kappa shape index (κ3) is 8.45. The number of aliphatic imine (C=N–C) groups is 1. The third-order valence-corrected chi connectivity index (χ3v) is 5.68. The number of furan rings is 1. The van der Waals surface area contributed by atoms with Gasteiger partial charge in [-0.2, -0.15) is 0 Å². The van der Waals surface area contributed by atoms with Crippen LogP contribution in [0.1, 0.15) is 29.5 Å². The lowest BCUT2D eigenvalue weighted by atomic mass is 10.2. The monoisotopic (exact) mass is 576 g/mol. The number of rotatable bonds is 8. The van der Waals surface area contributed by atoms with Crippen LogP contribution >= 0.6 is 24.0 Å². The Morgan fingerprint density at radius 2 is 1.79 bits per heavy atom. The van der Waals surface area contributed by atoms with E-state index >= 15 is 0 Å². The van der Waals surface area contributed by atoms with Crippen molar-refractivity contribution in [3.8, 4) is 0 Å². The second-order valence-electron chi connectivity index (χ2n) is 8.03. The fourth-order valence-corrected chi connectivity index (χ4v) is 3.80. The van der Waals surface area contributed by atoms with Crippen molar-refractivity contribution in [2.45, 2.75) is 20.3 Å². The number of carbonyl (C=O) groups is 2. The molecule has 3 heterocycles. The van der Waals surface area contributed by atoms with Gasteiger partial charge in [0, 0.05) is 64.5 Å². The molecule has 0 unspecified atom stereocenters. The van der Waals surface area contributed by atoms with Gasteiger partial charge in [0.2, 0.25) is 5.91 Å². The molecule has 2 amide bonds. The first kappa shape index (κ1) is 27.4. The lowest BCUT2D eigenvalue weighted by Crippen LogP contribution is -2.55. The van der Waals surface area contributed by atoms with Crippen LogP contribution in [-0.4, -0.2) is 111 Å². The third-order valence-electron chi connectivity index (χ3n) is 5.68. The molecule has 0 aromatic carbocycles. The molecule has 2 aliphatic rings. The Bertz CT molecular complexity index is 773. The number of nitrogens with one attached hydrogen (secondary N) is 2. The van der Waals surface area contributed by atoms with E-state index in [4.69, 9.17) is 14.1 Å². The lowest BCUT2D eigenvalue weighted by Gasteiger charge is -2.37. The molecule has 0 aliphatic carbocycles. The maximum Gasteiger partial charge on any atom is 0.287 e. The highest BCUT2D eigenvalue weighted by Gasteiger charge is 2.24. The molecule has 0 saturated carbocycles. The van der Waals surface area contributed by atoms with E-state index in [1.165, 1.54) is 6.26 Å². The van der Waals surface area contributed by atoms with Crippen molar-refractivity contribution in [2.24, 2.45) is 4.99 Å². The topological polar surface area (TPSA) is 103 Å². The number of nitrogens with zero attached hydrogens (tertiary/aromatic N) is 4. The van der Waals surface area contributed by atoms with Crippen molar-refractivity contribution in [3.63, 3.8) is 0 Å². The second kappa shape index (κ2) is 14.4. The van der Waals surface area contributed by atoms with Gasteiger partial charge in [-0.15, -0.1) is 24.0 Å². The van der Waals surface area contributed by atoms with Gasteiger partial charge >= 0.3 is 0 Å². The van der Waals surface area contributed by atoms with Gasteiger partial charge in [0.1, 0.15) is 0 Å². The number of morpholine rings is 1. The highest BCUT2D eigenvalue weighted by atomic mass is 127. The predicted molar refractivity (Wildman–Crippen MR) is 137 cm³/mol. The van der Waals surface area contributed by atoms with Crippen molar-refractivity contribution >= 4 is 41.8 Å². The Kier molecular flexibility index (Phi) is 12.0. The van der Waals surface area contributed by atoms with E-state index < -0.39 is 0 Å². The zero-order valence-electron chi connectivity index (χ0n) is 19.7. The zero-order valence-corrected chi connectivity index (χ0v) is 22.0. The van der Waals surface area contributed by atoms with Crippen LogP contribution in [0, 0.1) is 6.92 Å². The van der Waals surface area contributed by atoms with E-state index in [1.807, 2.05) is 11.8 Å². The van der Waals surface area contributed by atoms with Crippen molar-refractivity contribution in [1.29, 1.82) is 0 Å². The molecule has 0 bridgehead atoms. The van der Waals surface area contributed by atoms with Crippen LogP contribution in [0.4, 0.5) is 0 Å². The molecule has 0 radical (unpaired) electrons. The molecule has 2 fully saturated rings. The number of hydrogen-bond acceptors (Lipinski definition) is 6. The fraction of sp³-hybridized carbons (Fsp3) is 0.682. The lowest BCUT2D eigenvalue weighted by molar-refractivity contribution is -0.136. The molecule has 186 valence electrons. The van der Waals surface area contributed by atoms with Crippen molar-refractivity contribution in [3.05, 3.63) is 23.7 Å². The summed E-state index contributed by atoms with van der Waals surface area (Å²) >= 11 is 0. The number of piperazine rings is 1. The van der Waals surface area contributed by atoms with Crippen LogP contribution in [0.5, 0.6) is 0 Å². The quantitative estimate of drug-likeness (QED) is 0.204. The number of guanidine groups is 1. The minimum atomic E-state index is -0.189. The van der Waals surface area contributed by atoms with Gasteiger partial charge in [0.15, 0.2) is 11.7 Å². The van der Waals surface area contributed by atoms with Crippen LogP contribution in [0.2, 0.25) is 0 Å². The zero-order chi connectivity index (χ0) is 22.8. The SMILES string of the molecule is CCNC(=NCCCNC(=O)c1occc1C)N1CCN(CC(=O)N2CCOCC2)CC1.I. The molecular weight excluding hydrogens is 539 g/mol. The Morgan fingerprint density at radius 1 is 1.06 bits per heavy atom. The normalized spacial score (nSPS) is 17.5. The first-order valence-electron chi connectivity index (χ1n) is 11.5. The molecule has 2 N–H and O–H groups in total. The first-order valence-corrected chi connectivity index (χ1v) is 11.5. The highest BCUT2D eigenvalue weighted by molar-refractivity contribution is 14.0. The first-order chi connectivity index (χ1) is 15.6. The molecule has 10 nitrogen and oxygen atoms in total. The number of aryl methyl sites for hydroxylation is 1. The Balaban J connectivity index is 0.00000385. The summed E-state index contributed by atoms with van der Waals surface area (Å²) in [5.74, 6) is 1.26. The van der Waals surface area contributed by atoms with E-state index in [2.05, 4.69) is 27.4 Å². The summed E-state index contributed by atoms with van der Waals surface area (Å²) in [6, 6.07) is 1.78. The Morgan fingerprint density at radius 3 is 2.42 bits per heavy atom. The molecule has 3 rings (SSSR count). The van der Waals surface area contributed by atoms with Crippen LogP contribution < -0.4 is 10.6 Å². The number of hydrogen-bond donors (Lipinski definition) is 2. The van der Waals surface area contributed by atoms with E-state index in [9.17, 15) is 9.59 Å². The summed E-state index contributed by atoms with van der Waals surface area (Å²) in [5.41, 5.74) is 0.834. The van der Waals surface area contributed by atoms with Gasteiger partial charge in [0.05, 0.1) is 26.0 Å². The molecule has 1 aromatic heterocycles. The van der Waals surface area contributed by atoms with Gasteiger partial charge in [-0.25, -0.2) is 0 Å². The van der Waals surface area contributed by atoms with Gasteiger partial charge in [-0.1, -0.05) is 0 Å². The molecular formula is C22H37IN6O4. The average Bonchev–Trinajstić information content (AvgIpc) is 3.25. The number of ether oxygens (including phenoxy) is 1. The number of carbonyl (C=O) groups excluding carboxylic acids is 2. The van der Waals surface area contributed by atoms with Crippen LogP contribution in [0.3, 0.4) is 0 Å². The average molecular weight is 576 g/mol. The minimum absolute atomic E-state index is 0. The van der Waals surface area contributed by atoms with Gasteiger partial charge in [-0.3, -0.25) is 19.5 Å². The molecule has 0 atom stereocenters. The van der Waals surface area contributed by atoms with E-state index in [0.29, 0.717) is 51.7 Å².